The van der Waals surface area contributed by atoms with Gasteiger partial charge in [-0.25, -0.2) is 4.99 Å². The first-order chi connectivity index (χ1) is 11.6. The first-order valence-corrected chi connectivity index (χ1v) is 9.18. The lowest BCUT2D eigenvalue weighted by molar-refractivity contribution is -0.127. The molecule has 0 aromatic heterocycles. The molecular weight excluding hydrogens is 433 g/mol. The number of rotatable bonds is 5. The van der Waals surface area contributed by atoms with Gasteiger partial charge in [0.15, 0.2) is 5.96 Å². The smallest absolute Gasteiger partial charge is 0.243 e. The van der Waals surface area contributed by atoms with Crippen LogP contribution in [0.1, 0.15) is 19.3 Å². The molecule has 1 aliphatic carbocycles. The number of amides is 1. The molecule has 0 spiro atoms. The molecule has 0 radical (unpaired) electrons. The zero-order valence-electron chi connectivity index (χ0n) is 15.4. The Kier molecular flexibility index (Phi) is 8.21. The van der Waals surface area contributed by atoms with E-state index in [0.29, 0.717) is 12.0 Å². The standard InChI is InChI=1S/C17H31N5O2.HI/c1-20(2)16(23)11-18-17(19-15-3-4-15)22-8-6-21(7-9-22)12-14-5-10-24-13-14;/h14-15H,3-13H2,1-2H3,(H,18,19);1H. The van der Waals surface area contributed by atoms with Crippen LogP contribution < -0.4 is 5.32 Å². The zero-order chi connectivity index (χ0) is 16.9. The molecule has 1 saturated carbocycles. The van der Waals surface area contributed by atoms with E-state index >= 15 is 0 Å². The lowest BCUT2D eigenvalue weighted by atomic mass is 10.1. The van der Waals surface area contributed by atoms with Crippen LogP contribution in [0.2, 0.25) is 0 Å². The number of nitrogens with zero attached hydrogens (tertiary/aromatic N) is 4. The summed E-state index contributed by atoms with van der Waals surface area (Å²) < 4.78 is 5.48. The molecule has 2 saturated heterocycles. The molecular formula is C17H32IN5O2. The van der Waals surface area contributed by atoms with E-state index in [2.05, 4.69) is 20.1 Å². The summed E-state index contributed by atoms with van der Waals surface area (Å²) in [5.74, 6) is 1.66. The lowest BCUT2D eigenvalue weighted by Crippen LogP contribution is -2.53. The van der Waals surface area contributed by atoms with E-state index in [4.69, 9.17) is 4.74 Å². The Morgan fingerprint density at radius 2 is 1.92 bits per heavy atom. The number of likely N-dealkylation sites (N-methyl/N-ethyl adjacent to an activating group) is 1. The third-order valence-electron chi connectivity index (χ3n) is 4.99. The van der Waals surface area contributed by atoms with Crippen LogP contribution in [0.15, 0.2) is 4.99 Å². The molecule has 3 rings (SSSR count). The highest BCUT2D eigenvalue weighted by Crippen LogP contribution is 2.20. The van der Waals surface area contributed by atoms with Gasteiger partial charge in [-0.1, -0.05) is 0 Å². The molecule has 3 fully saturated rings. The van der Waals surface area contributed by atoms with Crippen molar-refractivity contribution < 1.29 is 9.53 Å². The van der Waals surface area contributed by atoms with E-state index in [-0.39, 0.29) is 36.4 Å². The highest BCUT2D eigenvalue weighted by Gasteiger charge is 2.28. The molecule has 3 aliphatic rings. The molecule has 2 heterocycles. The van der Waals surface area contributed by atoms with Gasteiger partial charge in [-0.05, 0) is 25.2 Å². The summed E-state index contributed by atoms with van der Waals surface area (Å²) in [5, 5.41) is 3.51. The van der Waals surface area contributed by atoms with E-state index in [1.54, 1.807) is 19.0 Å². The minimum absolute atomic E-state index is 0. The van der Waals surface area contributed by atoms with Crippen molar-refractivity contribution in [3.8, 4) is 0 Å². The highest BCUT2D eigenvalue weighted by molar-refractivity contribution is 14.0. The maximum atomic E-state index is 11.8. The summed E-state index contributed by atoms with van der Waals surface area (Å²) in [6, 6.07) is 0.548. The molecule has 0 aromatic rings. The Balaban J connectivity index is 0.00000225. The molecule has 1 unspecified atom stereocenters. The number of hydrogen-bond acceptors (Lipinski definition) is 4. The Hall–Kier alpha value is -0.610. The van der Waals surface area contributed by atoms with E-state index < -0.39 is 0 Å². The van der Waals surface area contributed by atoms with Gasteiger partial charge in [-0.15, -0.1) is 24.0 Å². The van der Waals surface area contributed by atoms with Gasteiger partial charge in [0, 0.05) is 59.5 Å². The van der Waals surface area contributed by atoms with E-state index in [1.807, 2.05) is 0 Å². The van der Waals surface area contributed by atoms with Crippen molar-refractivity contribution in [1.82, 2.24) is 20.0 Å². The van der Waals surface area contributed by atoms with Crippen LogP contribution in [0.3, 0.4) is 0 Å². The average Bonchev–Trinajstić information content (AvgIpc) is 3.25. The van der Waals surface area contributed by atoms with E-state index in [1.165, 1.54) is 19.3 Å². The third kappa shape index (κ3) is 6.56. The number of hydrogen-bond donors (Lipinski definition) is 1. The predicted octanol–water partition coefficient (Wildman–Crippen LogP) is 0.455. The van der Waals surface area contributed by atoms with Gasteiger partial charge in [0.1, 0.15) is 6.54 Å². The van der Waals surface area contributed by atoms with Gasteiger partial charge in [0.25, 0.3) is 0 Å². The fraction of sp³-hybridized carbons (Fsp3) is 0.882. The molecule has 0 aromatic carbocycles. The Bertz CT molecular complexity index is 456. The van der Waals surface area contributed by atoms with Crippen molar-refractivity contribution >= 4 is 35.8 Å². The van der Waals surface area contributed by atoms with Crippen molar-refractivity contribution in [2.45, 2.75) is 25.3 Å². The number of piperazine rings is 1. The largest absolute Gasteiger partial charge is 0.381 e. The molecule has 1 atom stereocenters. The first kappa shape index (κ1) is 20.7. The summed E-state index contributed by atoms with van der Waals surface area (Å²) in [6.07, 6.45) is 3.62. The maximum absolute atomic E-state index is 11.8. The SMILES string of the molecule is CN(C)C(=O)CN=C(NC1CC1)N1CCN(CC2CCOC2)CC1.I. The summed E-state index contributed by atoms with van der Waals surface area (Å²) in [4.78, 5) is 22.9. The van der Waals surface area contributed by atoms with Crippen molar-refractivity contribution in [1.29, 1.82) is 0 Å². The summed E-state index contributed by atoms with van der Waals surface area (Å²) in [5.41, 5.74) is 0. The van der Waals surface area contributed by atoms with Gasteiger partial charge in [-0.2, -0.15) is 0 Å². The molecule has 1 N–H and O–H groups in total. The molecule has 2 aliphatic heterocycles. The normalized spacial score (nSPS) is 24.8. The van der Waals surface area contributed by atoms with Crippen LogP contribution in [0.25, 0.3) is 0 Å². The predicted molar refractivity (Wildman–Crippen MR) is 110 cm³/mol. The number of carbonyl (C=O) groups excluding carboxylic acids is 1. The third-order valence-corrected chi connectivity index (χ3v) is 4.99. The molecule has 8 heteroatoms. The van der Waals surface area contributed by atoms with Crippen molar-refractivity contribution in [3.63, 3.8) is 0 Å². The first-order valence-electron chi connectivity index (χ1n) is 9.18. The fourth-order valence-electron chi connectivity index (χ4n) is 3.17. The van der Waals surface area contributed by atoms with Gasteiger partial charge in [0.2, 0.25) is 5.91 Å². The number of halogens is 1. The van der Waals surface area contributed by atoms with Crippen LogP contribution in [-0.4, -0.2) is 99.2 Å². The topological polar surface area (TPSA) is 60.4 Å². The van der Waals surface area contributed by atoms with Crippen LogP contribution in [0.4, 0.5) is 0 Å². The summed E-state index contributed by atoms with van der Waals surface area (Å²) >= 11 is 0. The van der Waals surface area contributed by atoms with Crippen LogP contribution >= 0.6 is 24.0 Å². The van der Waals surface area contributed by atoms with E-state index in [0.717, 1.165) is 51.9 Å². The quantitative estimate of drug-likeness (QED) is 0.363. The fourth-order valence-corrected chi connectivity index (χ4v) is 3.17. The number of carbonyl (C=O) groups is 1. The highest BCUT2D eigenvalue weighted by atomic mass is 127. The minimum Gasteiger partial charge on any atom is -0.381 e. The van der Waals surface area contributed by atoms with Crippen molar-refractivity contribution in [2.24, 2.45) is 10.9 Å². The summed E-state index contributed by atoms with van der Waals surface area (Å²) in [6.45, 7) is 7.28. The van der Waals surface area contributed by atoms with Gasteiger partial charge in [-0.3, -0.25) is 9.69 Å². The second kappa shape index (κ2) is 9.91. The number of ether oxygens (including phenoxy) is 1. The maximum Gasteiger partial charge on any atom is 0.243 e. The van der Waals surface area contributed by atoms with Crippen molar-refractivity contribution in [2.75, 3.05) is 66.6 Å². The van der Waals surface area contributed by atoms with Crippen LogP contribution in [0.5, 0.6) is 0 Å². The number of aliphatic imine (C=N–C) groups is 1. The lowest BCUT2D eigenvalue weighted by Gasteiger charge is -2.37. The van der Waals surface area contributed by atoms with E-state index in [9.17, 15) is 4.79 Å². The Morgan fingerprint density at radius 1 is 1.20 bits per heavy atom. The number of guanidine groups is 1. The second-order valence-corrected chi connectivity index (χ2v) is 7.36. The molecule has 7 nitrogen and oxygen atoms in total. The van der Waals surface area contributed by atoms with Gasteiger partial charge >= 0.3 is 0 Å². The van der Waals surface area contributed by atoms with Crippen LogP contribution in [-0.2, 0) is 9.53 Å². The Labute approximate surface area is 168 Å². The summed E-state index contributed by atoms with van der Waals surface area (Å²) in [7, 11) is 3.55. The second-order valence-electron chi connectivity index (χ2n) is 7.36. The minimum atomic E-state index is 0. The zero-order valence-corrected chi connectivity index (χ0v) is 17.8. The van der Waals surface area contributed by atoms with Gasteiger partial charge in [0.05, 0.1) is 6.61 Å². The van der Waals surface area contributed by atoms with Crippen molar-refractivity contribution in [3.05, 3.63) is 0 Å². The average molecular weight is 465 g/mol. The monoisotopic (exact) mass is 465 g/mol. The Morgan fingerprint density at radius 3 is 2.48 bits per heavy atom. The van der Waals surface area contributed by atoms with Crippen LogP contribution in [0, 0.1) is 5.92 Å². The van der Waals surface area contributed by atoms with Gasteiger partial charge < -0.3 is 19.9 Å². The molecule has 1 amide bonds. The molecule has 25 heavy (non-hydrogen) atoms. The number of nitrogens with one attached hydrogen (secondary N) is 1. The molecule has 144 valence electrons. The molecule has 0 bridgehead atoms.